The lowest BCUT2D eigenvalue weighted by Gasteiger charge is -2.47. The number of benzene rings is 1. The summed E-state index contributed by atoms with van der Waals surface area (Å²) in [5.41, 5.74) is 2.81. The summed E-state index contributed by atoms with van der Waals surface area (Å²) < 4.78 is 1.17. The van der Waals surface area contributed by atoms with Gasteiger partial charge in [-0.2, -0.15) is 0 Å². The quantitative estimate of drug-likeness (QED) is 0.902. The number of nitrogens with one attached hydrogen (secondary N) is 1. The van der Waals surface area contributed by atoms with Crippen LogP contribution in [0, 0.1) is 5.92 Å². The van der Waals surface area contributed by atoms with E-state index in [4.69, 9.17) is 0 Å². The van der Waals surface area contributed by atoms with Crippen LogP contribution in [0.1, 0.15) is 24.8 Å². The molecule has 0 spiro atoms. The van der Waals surface area contributed by atoms with Gasteiger partial charge in [0.05, 0.1) is 0 Å². The second-order valence-corrected chi connectivity index (χ2v) is 7.40. The lowest BCUT2D eigenvalue weighted by molar-refractivity contribution is 0.102. The molecule has 0 bridgehead atoms. The maximum absolute atomic E-state index is 3.60. The van der Waals surface area contributed by atoms with Crippen LogP contribution >= 0.6 is 15.9 Å². The summed E-state index contributed by atoms with van der Waals surface area (Å²) in [5.74, 6) is 0.837. The molecule has 2 heterocycles. The average Bonchev–Trinajstić information content (AvgIpc) is 2.48. The van der Waals surface area contributed by atoms with Crippen molar-refractivity contribution in [3.8, 4) is 0 Å². The summed E-state index contributed by atoms with van der Waals surface area (Å²) in [7, 11) is 4.32. The second kappa shape index (κ2) is 6.67. The van der Waals surface area contributed by atoms with Gasteiger partial charge < -0.3 is 15.1 Å². The molecule has 2 aliphatic heterocycles. The van der Waals surface area contributed by atoms with E-state index in [0.717, 1.165) is 18.5 Å². The van der Waals surface area contributed by atoms with E-state index in [0.29, 0.717) is 0 Å². The number of rotatable bonds is 3. The van der Waals surface area contributed by atoms with Crippen LogP contribution < -0.4 is 10.2 Å². The van der Waals surface area contributed by atoms with E-state index in [-0.39, 0.29) is 0 Å². The minimum absolute atomic E-state index is 0.804. The Morgan fingerprint density at radius 2 is 2.14 bits per heavy atom. The third kappa shape index (κ3) is 3.27. The number of hydrogen-bond donors (Lipinski definition) is 1. The molecule has 2 atom stereocenters. The van der Waals surface area contributed by atoms with Gasteiger partial charge in [-0.15, -0.1) is 0 Å². The van der Waals surface area contributed by atoms with Crippen molar-refractivity contribution < 1.29 is 0 Å². The van der Waals surface area contributed by atoms with Crippen molar-refractivity contribution in [1.29, 1.82) is 0 Å². The Bertz CT molecular complexity index is 491. The number of anilines is 1. The van der Waals surface area contributed by atoms with E-state index in [2.05, 4.69) is 56.3 Å². The van der Waals surface area contributed by atoms with Gasteiger partial charge in [-0.25, -0.2) is 0 Å². The van der Waals surface area contributed by atoms with Gasteiger partial charge in [-0.3, -0.25) is 0 Å². The Hall–Kier alpha value is -0.580. The minimum Gasteiger partial charge on any atom is -0.371 e. The molecule has 3 rings (SSSR count). The Morgan fingerprint density at radius 3 is 2.95 bits per heavy atom. The number of fused-ring (bicyclic) bond motifs is 1. The van der Waals surface area contributed by atoms with Crippen molar-refractivity contribution in [1.82, 2.24) is 10.2 Å². The van der Waals surface area contributed by atoms with Gasteiger partial charge >= 0.3 is 0 Å². The highest BCUT2D eigenvalue weighted by Gasteiger charge is 2.34. The van der Waals surface area contributed by atoms with Crippen LogP contribution in [0.3, 0.4) is 0 Å². The fourth-order valence-corrected chi connectivity index (χ4v) is 4.47. The first kappa shape index (κ1) is 15.3. The summed E-state index contributed by atoms with van der Waals surface area (Å²) in [6, 6.07) is 7.51. The summed E-state index contributed by atoms with van der Waals surface area (Å²) >= 11 is 3.60. The Labute approximate surface area is 136 Å². The van der Waals surface area contributed by atoms with Gasteiger partial charge in [-0.1, -0.05) is 15.9 Å². The highest BCUT2D eigenvalue weighted by molar-refractivity contribution is 9.10. The number of hydrogen-bond acceptors (Lipinski definition) is 3. The summed E-state index contributed by atoms with van der Waals surface area (Å²) in [4.78, 5) is 5.20. The van der Waals surface area contributed by atoms with Gasteiger partial charge in [0.1, 0.15) is 0 Å². The van der Waals surface area contributed by atoms with Crippen LogP contribution in [0.15, 0.2) is 22.7 Å². The van der Waals surface area contributed by atoms with Gasteiger partial charge in [-0.05, 0) is 69.6 Å². The number of piperidine rings is 2. The summed E-state index contributed by atoms with van der Waals surface area (Å²) in [6.07, 6.45) is 4.05. The highest BCUT2D eigenvalue weighted by Crippen LogP contribution is 2.34. The predicted octanol–water partition coefficient (Wildman–Crippen LogP) is 3.09. The first-order valence-electron chi connectivity index (χ1n) is 8.07. The lowest BCUT2D eigenvalue weighted by Crippen LogP contribution is -2.52. The van der Waals surface area contributed by atoms with Gasteiger partial charge in [0.25, 0.3) is 0 Å². The van der Waals surface area contributed by atoms with Crippen LogP contribution in [0.25, 0.3) is 0 Å². The van der Waals surface area contributed by atoms with E-state index in [9.17, 15) is 0 Å². The zero-order valence-electron chi connectivity index (χ0n) is 13.1. The third-order valence-corrected chi connectivity index (χ3v) is 5.59. The molecule has 2 saturated heterocycles. The molecule has 1 aromatic carbocycles. The second-order valence-electron chi connectivity index (χ2n) is 6.49. The van der Waals surface area contributed by atoms with Crippen LogP contribution in [0.2, 0.25) is 0 Å². The predicted molar refractivity (Wildman–Crippen MR) is 92.9 cm³/mol. The highest BCUT2D eigenvalue weighted by atomic mass is 79.9. The molecule has 0 radical (unpaired) electrons. The normalized spacial score (nSPS) is 26.7. The molecule has 0 aliphatic carbocycles. The maximum Gasteiger partial charge on any atom is 0.0412 e. The molecule has 0 amide bonds. The fraction of sp³-hybridized carbons (Fsp3) is 0.647. The van der Waals surface area contributed by atoms with E-state index >= 15 is 0 Å². The molecule has 1 aromatic rings. The van der Waals surface area contributed by atoms with Crippen molar-refractivity contribution in [2.45, 2.75) is 31.8 Å². The molecule has 2 fully saturated rings. The lowest BCUT2D eigenvalue weighted by atomic mass is 9.84. The first-order chi connectivity index (χ1) is 10.2. The van der Waals surface area contributed by atoms with Crippen LogP contribution in [0.4, 0.5) is 5.69 Å². The summed E-state index contributed by atoms with van der Waals surface area (Å²) in [6.45, 7) is 4.61. The van der Waals surface area contributed by atoms with Crippen molar-refractivity contribution in [3.05, 3.63) is 28.2 Å². The van der Waals surface area contributed by atoms with Crippen molar-refractivity contribution >= 4 is 21.6 Å². The number of halogens is 1. The Morgan fingerprint density at radius 1 is 1.29 bits per heavy atom. The average molecular weight is 352 g/mol. The van der Waals surface area contributed by atoms with E-state index < -0.39 is 0 Å². The van der Waals surface area contributed by atoms with Crippen LogP contribution in [-0.2, 0) is 6.54 Å². The zero-order valence-corrected chi connectivity index (χ0v) is 14.7. The van der Waals surface area contributed by atoms with E-state index in [1.807, 2.05) is 7.05 Å². The van der Waals surface area contributed by atoms with Gasteiger partial charge in [0.2, 0.25) is 0 Å². The first-order valence-corrected chi connectivity index (χ1v) is 8.86. The van der Waals surface area contributed by atoms with Gasteiger partial charge in [0, 0.05) is 35.8 Å². The largest absolute Gasteiger partial charge is 0.371 e. The molecule has 3 nitrogen and oxygen atoms in total. The van der Waals surface area contributed by atoms with Crippen LogP contribution in [0.5, 0.6) is 0 Å². The Kier molecular flexibility index (Phi) is 4.87. The maximum atomic E-state index is 3.60. The van der Waals surface area contributed by atoms with Gasteiger partial charge in [0.15, 0.2) is 0 Å². The molecule has 0 saturated carbocycles. The van der Waals surface area contributed by atoms with Crippen molar-refractivity contribution in [2.75, 3.05) is 38.6 Å². The molecular weight excluding hydrogens is 326 g/mol. The molecule has 21 heavy (non-hydrogen) atoms. The standard InChI is InChI=1S/C17H26BrN3/c1-19-11-14-10-15(18)5-6-17(14)21-9-7-16-13(12-21)4-3-8-20(16)2/h5-6,10,13,16,19H,3-4,7-9,11-12H2,1-2H3. The fourth-order valence-electron chi connectivity index (χ4n) is 4.07. The minimum atomic E-state index is 0.804. The molecule has 0 aromatic heterocycles. The molecule has 2 aliphatic rings. The smallest absolute Gasteiger partial charge is 0.0412 e. The molecular formula is C17H26BrN3. The Balaban J connectivity index is 1.79. The molecule has 2 unspecified atom stereocenters. The zero-order chi connectivity index (χ0) is 14.8. The third-order valence-electron chi connectivity index (χ3n) is 5.10. The van der Waals surface area contributed by atoms with Crippen molar-refractivity contribution in [3.63, 3.8) is 0 Å². The van der Waals surface area contributed by atoms with Crippen LogP contribution in [-0.4, -0.2) is 44.7 Å². The van der Waals surface area contributed by atoms with Crippen molar-refractivity contribution in [2.24, 2.45) is 5.92 Å². The molecule has 116 valence electrons. The molecule has 1 N–H and O–H groups in total. The summed E-state index contributed by atoms with van der Waals surface area (Å²) in [5, 5.41) is 3.30. The topological polar surface area (TPSA) is 18.5 Å². The SMILES string of the molecule is CNCc1cc(Br)ccc1N1CCC2C(CCCN2C)C1. The van der Waals surface area contributed by atoms with E-state index in [1.54, 1.807) is 0 Å². The van der Waals surface area contributed by atoms with E-state index in [1.165, 1.54) is 54.6 Å². The monoisotopic (exact) mass is 351 g/mol. The number of likely N-dealkylation sites (tertiary alicyclic amines) is 1. The molecule has 4 heteroatoms. The number of nitrogens with zero attached hydrogens (tertiary/aromatic N) is 2.